The quantitative estimate of drug-likeness (QED) is 0.258. The van der Waals surface area contributed by atoms with Gasteiger partial charge in [-0.3, -0.25) is 9.48 Å². The molecular weight excluding hydrogens is 567 g/mol. The summed E-state index contributed by atoms with van der Waals surface area (Å²) in [5.41, 5.74) is 10.7. The zero-order chi connectivity index (χ0) is 28.0. The van der Waals surface area contributed by atoms with Crippen LogP contribution in [0.4, 0.5) is 0 Å². The van der Waals surface area contributed by atoms with E-state index in [1.165, 1.54) is 4.31 Å². The molecule has 1 saturated heterocycles. The average Bonchev–Trinajstić information content (AvgIpc) is 3.71. The first-order valence-electron chi connectivity index (χ1n) is 13.5. The van der Waals surface area contributed by atoms with Gasteiger partial charge in [0, 0.05) is 40.4 Å². The third kappa shape index (κ3) is 5.50. The lowest BCUT2D eigenvalue weighted by molar-refractivity contribution is -0.115. The Morgan fingerprint density at radius 2 is 1.43 bits per heavy atom. The number of rotatable bonds is 8. The smallest absolute Gasteiger partial charge is 0.234 e. The van der Waals surface area contributed by atoms with Crippen molar-refractivity contribution >= 4 is 50.0 Å². The van der Waals surface area contributed by atoms with E-state index in [1.807, 2.05) is 24.3 Å². The highest BCUT2D eigenvalue weighted by molar-refractivity contribution is 7.89. The summed E-state index contributed by atoms with van der Waals surface area (Å²) < 4.78 is 28.7. The summed E-state index contributed by atoms with van der Waals surface area (Å²) in [5, 5.41) is 7.60. The van der Waals surface area contributed by atoms with Crippen LogP contribution in [-0.4, -0.2) is 47.3 Å². The van der Waals surface area contributed by atoms with Crippen molar-refractivity contribution in [2.24, 2.45) is 5.73 Å². The molecule has 1 amide bonds. The van der Waals surface area contributed by atoms with Crippen LogP contribution in [0.25, 0.3) is 10.9 Å². The highest BCUT2D eigenvalue weighted by atomic mass is 35.5. The minimum Gasteiger partial charge on any atom is -0.369 e. The van der Waals surface area contributed by atoms with E-state index in [1.54, 1.807) is 0 Å². The van der Waals surface area contributed by atoms with Gasteiger partial charge >= 0.3 is 0 Å². The Morgan fingerprint density at radius 1 is 0.875 bits per heavy atom. The Morgan fingerprint density at radius 3 is 1.95 bits per heavy atom. The molecule has 2 fully saturated rings. The topological polar surface area (TPSA) is 98.3 Å². The number of aromatic nitrogens is 2. The van der Waals surface area contributed by atoms with Crippen molar-refractivity contribution in [3.63, 3.8) is 0 Å². The lowest BCUT2D eigenvalue weighted by Gasteiger charge is -2.30. The molecule has 6 rings (SSSR count). The van der Waals surface area contributed by atoms with Crippen LogP contribution >= 0.6 is 23.2 Å². The number of hydrogen-bond donors (Lipinski definition) is 1. The van der Waals surface area contributed by atoms with E-state index < -0.39 is 21.7 Å². The minimum absolute atomic E-state index is 0.0307. The fourth-order valence-electron chi connectivity index (χ4n) is 5.83. The maximum absolute atomic E-state index is 12.6. The summed E-state index contributed by atoms with van der Waals surface area (Å²) in [6.45, 7) is 0.686. The zero-order valence-electron chi connectivity index (χ0n) is 21.8. The summed E-state index contributed by atoms with van der Waals surface area (Å²) in [6, 6.07) is 22.9. The number of sulfonamides is 1. The summed E-state index contributed by atoms with van der Waals surface area (Å²) >= 11 is 12.4. The number of nitrogens with zero attached hydrogens (tertiary/aromatic N) is 3. The van der Waals surface area contributed by atoms with Gasteiger partial charge in [-0.2, -0.15) is 5.10 Å². The van der Waals surface area contributed by atoms with Crippen molar-refractivity contribution in [1.29, 1.82) is 0 Å². The molecule has 2 heterocycles. The third-order valence-corrected chi connectivity index (χ3v) is 10.3. The normalized spacial score (nSPS) is 17.1. The minimum atomic E-state index is -3.70. The number of fused-ring (bicyclic) bond motifs is 1. The number of benzene rings is 3. The summed E-state index contributed by atoms with van der Waals surface area (Å²) in [4.78, 5) is 11.3. The van der Waals surface area contributed by atoms with Gasteiger partial charge in [0.05, 0.1) is 17.3 Å². The van der Waals surface area contributed by atoms with Crippen molar-refractivity contribution in [3.8, 4) is 0 Å². The fraction of sp³-hybridized carbons (Fsp3) is 0.333. The molecule has 40 heavy (non-hydrogen) atoms. The lowest BCUT2D eigenvalue weighted by atomic mass is 9.84. The van der Waals surface area contributed by atoms with Crippen molar-refractivity contribution in [2.75, 3.05) is 18.8 Å². The van der Waals surface area contributed by atoms with Crippen LogP contribution in [0, 0.1) is 0 Å². The molecule has 0 unspecified atom stereocenters. The zero-order valence-corrected chi connectivity index (χ0v) is 24.2. The van der Waals surface area contributed by atoms with Gasteiger partial charge in [-0.1, -0.05) is 53.5 Å². The Bertz CT molecular complexity index is 1610. The second kappa shape index (κ2) is 10.8. The van der Waals surface area contributed by atoms with Crippen LogP contribution in [0.1, 0.15) is 65.9 Å². The number of carbonyl (C=O) groups excluding carboxylic acids is 1. The maximum atomic E-state index is 12.6. The molecule has 4 aromatic rings. The number of amides is 1. The Hall–Kier alpha value is -2.91. The number of piperidine rings is 1. The molecule has 0 bridgehead atoms. The average molecular weight is 598 g/mol. The number of hydrogen-bond acceptors (Lipinski definition) is 4. The molecule has 7 nitrogen and oxygen atoms in total. The third-order valence-electron chi connectivity index (χ3n) is 7.95. The first-order valence-corrected chi connectivity index (χ1v) is 15.9. The van der Waals surface area contributed by atoms with Crippen LogP contribution in [0.2, 0.25) is 10.0 Å². The van der Waals surface area contributed by atoms with Crippen LogP contribution in [0.3, 0.4) is 0 Å². The molecule has 208 valence electrons. The summed E-state index contributed by atoms with van der Waals surface area (Å²) in [7, 11) is -3.70. The highest BCUT2D eigenvalue weighted by Gasteiger charge is 2.34. The Labute approximate surface area is 243 Å². The van der Waals surface area contributed by atoms with Crippen molar-refractivity contribution in [2.45, 2.75) is 43.6 Å². The van der Waals surface area contributed by atoms with Gasteiger partial charge in [0.2, 0.25) is 15.9 Å². The van der Waals surface area contributed by atoms with Crippen LogP contribution in [-0.2, 0) is 14.8 Å². The van der Waals surface area contributed by atoms with Gasteiger partial charge in [0.25, 0.3) is 0 Å². The van der Waals surface area contributed by atoms with Crippen molar-refractivity contribution < 1.29 is 13.2 Å². The predicted molar refractivity (Wildman–Crippen MR) is 158 cm³/mol. The standard InChI is InChI=1S/C30H30Cl2N4O3S/c31-23-6-1-19(2-7-23)29(20-3-8-24(32)9-4-20)22-5-12-27-26(17-22)30(34-36(27)25-10-11-25)21-13-15-35(16-14-21)40(38,39)18-28(33)37/h1-9,12,17,21,25,29H,10-11,13-16,18H2,(H2,33,37). The van der Waals surface area contributed by atoms with Gasteiger partial charge in [-0.05, 0) is 78.8 Å². The SMILES string of the molecule is NC(=O)CS(=O)(=O)N1CCC(c2nn(C3CC3)c3ccc(C(c4ccc(Cl)cc4)c4ccc(Cl)cc4)cc23)CC1. The predicted octanol–water partition coefficient (Wildman–Crippen LogP) is 5.85. The summed E-state index contributed by atoms with van der Waals surface area (Å²) in [5.74, 6) is -1.41. The van der Waals surface area contributed by atoms with Gasteiger partial charge < -0.3 is 5.73 Å². The van der Waals surface area contributed by atoms with Gasteiger partial charge in [-0.15, -0.1) is 0 Å². The van der Waals surface area contributed by atoms with E-state index >= 15 is 0 Å². The molecule has 3 aromatic carbocycles. The first kappa shape index (κ1) is 27.3. The van der Waals surface area contributed by atoms with E-state index in [4.69, 9.17) is 34.0 Å². The molecule has 1 aliphatic carbocycles. The molecule has 1 aliphatic heterocycles. The van der Waals surface area contributed by atoms with E-state index in [0.29, 0.717) is 42.0 Å². The first-order chi connectivity index (χ1) is 19.2. The maximum Gasteiger partial charge on any atom is 0.234 e. The van der Waals surface area contributed by atoms with Gasteiger partial charge in [-0.25, -0.2) is 12.7 Å². The van der Waals surface area contributed by atoms with Gasteiger partial charge in [0.15, 0.2) is 0 Å². The molecule has 10 heteroatoms. The summed E-state index contributed by atoms with van der Waals surface area (Å²) in [6.07, 6.45) is 3.49. The second-order valence-electron chi connectivity index (χ2n) is 10.8. The molecule has 2 N–H and O–H groups in total. The van der Waals surface area contributed by atoms with Crippen molar-refractivity contribution in [1.82, 2.24) is 14.1 Å². The van der Waals surface area contributed by atoms with Crippen LogP contribution in [0.5, 0.6) is 0 Å². The van der Waals surface area contributed by atoms with E-state index in [-0.39, 0.29) is 11.8 Å². The molecule has 1 saturated carbocycles. The van der Waals surface area contributed by atoms with E-state index in [9.17, 15) is 13.2 Å². The van der Waals surface area contributed by atoms with Crippen LogP contribution < -0.4 is 5.73 Å². The fourth-order valence-corrected chi connectivity index (χ4v) is 7.39. The number of halogens is 2. The lowest BCUT2D eigenvalue weighted by Crippen LogP contribution is -2.42. The monoisotopic (exact) mass is 596 g/mol. The van der Waals surface area contributed by atoms with Crippen molar-refractivity contribution in [3.05, 3.63) is 99.2 Å². The molecule has 0 radical (unpaired) electrons. The van der Waals surface area contributed by atoms with Crippen LogP contribution in [0.15, 0.2) is 66.7 Å². The molecular formula is C30H30Cl2N4O3S. The second-order valence-corrected chi connectivity index (χ2v) is 13.6. The molecule has 0 spiro atoms. The number of primary amides is 1. The number of nitrogens with two attached hydrogens (primary N) is 1. The van der Waals surface area contributed by atoms with E-state index in [2.05, 4.69) is 47.1 Å². The Balaban J connectivity index is 1.39. The highest BCUT2D eigenvalue weighted by Crippen LogP contribution is 2.42. The van der Waals surface area contributed by atoms with Gasteiger partial charge in [0.1, 0.15) is 5.75 Å². The molecule has 2 aliphatic rings. The van der Waals surface area contributed by atoms with E-state index in [0.717, 1.165) is 46.1 Å². The molecule has 0 atom stereocenters. The molecule has 1 aromatic heterocycles. The largest absolute Gasteiger partial charge is 0.369 e. The number of carbonyl (C=O) groups is 1. The Kier molecular flexibility index (Phi) is 7.38.